The van der Waals surface area contributed by atoms with Crippen molar-refractivity contribution in [2.45, 2.75) is 32.1 Å². The van der Waals surface area contributed by atoms with Crippen LogP contribution in [0.4, 0.5) is 5.69 Å². The summed E-state index contributed by atoms with van der Waals surface area (Å²) in [5, 5.41) is 5.94. The average molecular weight is 288 g/mol. The van der Waals surface area contributed by atoms with Crippen LogP contribution < -0.4 is 15.4 Å². The highest BCUT2D eigenvalue weighted by Gasteiger charge is 2.05. The van der Waals surface area contributed by atoms with Crippen molar-refractivity contribution in [1.82, 2.24) is 5.32 Å². The van der Waals surface area contributed by atoms with Crippen LogP contribution in [-0.2, 0) is 4.79 Å². The Morgan fingerprint density at radius 3 is 2.71 bits per heavy atom. The van der Waals surface area contributed by atoms with Crippen molar-refractivity contribution >= 4 is 11.6 Å². The standard InChI is InChI=1S/C17H24N2O2/c1-18-15-7-9-16(10-8-15)21-13-17(20)19-12-11-14-5-3-2-4-6-14/h5,7-10,18H,2-4,6,11-13H2,1H3,(H,19,20). The number of hydrogen-bond acceptors (Lipinski definition) is 3. The average Bonchev–Trinajstić information content (AvgIpc) is 2.54. The Hall–Kier alpha value is -1.97. The molecular formula is C17H24N2O2. The van der Waals surface area contributed by atoms with Gasteiger partial charge in [-0.15, -0.1) is 0 Å². The molecule has 0 spiro atoms. The van der Waals surface area contributed by atoms with Gasteiger partial charge in [-0.05, 0) is 56.4 Å². The number of amides is 1. The van der Waals surface area contributed by atoms with E-state index >= 15 is 0 Å². The van der Waals surface area contributed by atoms with E-state index in [9.17, 15) is 4.79 Å². The monoisotopic (exact) mass is 288 g/mol. The van der Waals surface area contributed by atoms with Gasteiger partial charge in [-0.2, -0.15) is 0 Å². The van der Waals surface area contributed by atoms with Gasteiger partial charge in [-0.3, -0.25) is 4.79 Å². The molecule has 4 nitrogen and oxygen atoms in total. The summed E-state index contributed by atoms with van der Waals surface area (Å²) in [4.78, 5) is 11.7. The Balaban J connectivity index is 1.63. The number of rotatable bonds is 7. The molecule has 0 bridgehead atoms. The lowest BCUT2D eigenvalue weighted by Gasteiger charge is -2.13. The molecule has 2 rings (SSSR count). The summed E-state index contributed by atoms with van der Waals surface area (Å²) in [6.07, 6.45) is 8.23. The van der Waals surface area contributed by atoms with Crippen molar-refractivity contribution in [3.63, 3.8) is 0 Å². The number of ether oxygens (including phenoxy) is 1. The van der Waals surface area contributed by atoms with Gasteiger partial charge in [0.2, 0.25) is 0 Å². The molecule has 1 aliphatic carbocycles. The van der Waals surface area contributed by atoms with Crippen molar-refractivity contribution in [3.05, 3.63) is 35.9 Å². The predicted octanol–water partition coefficient (Wildman–Crippen LogP) is 3.11. The van der Waals surface area contributed by atoms with Crippen molar-refractivity contribution in [2.75, 3.05) is 25.5 Å². The van der Waals surface area contributed by atoms with E-state index < -0.39 is 0 Å². The van der Waals surface area contributed by atoms with Crippen molar-refractivity contribution in [2.24, 2.45) is 0 Å². The summed E-state index contributed by atoms with van der Waals surface area (Å²) in [6.45, 7) is 0.769. The Morgan fingerprint density at radius 1 is 1.24 bits per heavy atom. The molecule has 0 saturated heterocycles. The van der Waals surface area contributed by atoms with Crippen molar-refractivity contribution in [3.8, 4) is 5.75 Å². The van der Waals surface area contributed by atoms with Gasteiger partial charge in [-0.1, -0.05) is 11.6 Å². The molecule has 114 valence electrons. The molecule has 1 aromatic carbocycles. The van der Waals surface area contributed by atoms with Crippen LogP contribution in [0.15, 0.2) is 35.9 Å². The largest absolute Gasteiger partial charge is 0.484 e. The summed E-state index contributed by atoms with van der Waals surface area (Å²) in [5.74, 6) is 0.642. The number of hydrogen-bond donors (Lipinski definition) is 2. The highest BCUT2D eigenvalue weighted by molar-refractivity contribution is 5.77. The molecule has 0 aliphatic heterocycles. The smallest absolute Gasteiger partial charge is 0.257 e. The molecule has 21 heavy (non-hydrogen) atoms. The normalized spacial score (nSPS) is 14.2. The van der Waals surface area contributed by atoms with E-state index in [1.807, 2.05) is 31.3 Å². The molecule has 0 heterocycles. The van der Waals surface area contributed by atoms with E-state index in [1.165, 1.54) is 31.3 Å². The topological polar surface area (TPSA) is 50.4 Å². The zero-order valence-corrected chi connectivity index (χ0v) is 12.7. The van der Waals surface area contributed by atoms with Gasteiger partial charge in [0, 0.05) is 19.3 Å². The quantitative estimate of drug-likeness (QED) is 0.758. The van der Waals surface area contributed by atoms with E-state index in [0.717, 1.165) is 12.1 Å². The van der Waals surface area contributed by atoms with Crippen molar-refractivity contribution in [1.29, 1.82) is 0 Å². The van der Waals surface area contributed by atoms with E-state index in [1.54, 1.807) is 0 Å². The van der Waals surface area contributed by atoms with Gasteiger partial charge in [0.05, 0.1) is 0 Å². The zero-order chi connectivity index (χ0) is 14.9. The van der Waals surface area contributed by atoms with Crippen LogP contribution >= 0.6 is 0 Å². The number of benzene rings is 1. The highest BCUT2D eigenvalue weighted by Crippen LogP contribution is 2.19. The number of nitrogens with one attached hydrogen (secondary N) is 2. The number of anilines is 1. The van der Waals surface area contributed by atoms with E-state index in [0.29, 0.717) is 12.3 Å². The van der Waals surface area contributed by atoms with Crippen LogP contribution in [0.5, 0.6) is 5.75 Å². The molecular weight excluding hydrogens is 264 g/mol. The van der Waals surface area contributed by atoms with Crippen LogP contribution in [0.25, 0.3) is 0 Å². The molecule has 1 aliphatic rings. The second-order valence-electron chi connectivity index (χ2n) is 5.27. The van der Waals surface area contributed by atoms with Crippen LogP contribution in [0, 0.1) is 0 Å². The van der Waals surface area contributed by atoms with E-state index in [2.05, 4.69) is 16.7 Å². The lowest BCUT2D eigenvalue weighted by Crippen LogP contribution is -2.29. The fourth-order valence-electron chi connectivity index (χ4n) is 2.41. The zero-order valence-electron chi connectivity index (χ0n) is 12.7. The fourth-order valence-corrected chi connectivity index (χ4v) is 2.41. The lowest BCUT2D eigenvalue weighted by molar-refractivity contribution is -0.123. The lowest BCUT2D eigenvalue weighted by atomic mass is 9.97. The number of carbonyl (C=O) groups is 1. The molecule has 0 saturated carbocycles. The minimum absolute atomic E-state index is 0.0656. The van der Waals surface area contributed by atoms with Crippen LogP contribution in [0.2, 0.25) is 0 Å². The summed E-state index contributed by atoms with van der Waals surface area (Å²) in [7, 11) is 1.87. The first kappa shape index (κ1) is 15.4. The molecule has 4 heteroatoms. The van der Waals surface area contributed by atoms with Crippen molar-refractivity contribution < 1.29 is 9.53 Å². The van der Waals surface area contributed by atoms with E-state index in [4.69, 9.17) is 4.74 Å². The maximum absolute atomic E-state index is 11.7. The van der Waals surface area contributed by atoms with Crippen LogP contribution in [0.1, 0.15) is 32.1 Å². The van der Waals surface area contributed by atoms with Gasteiger partial charge in [-0.25, -0.2) is 0 Å². The molecule has 2 N–H and O–H groups in total. The maximum Gasteiger partial charge on any atom is 0.257 e. The molecule has 0 atom stereocenters. The third-order valence-corrected chi connectivity index (χ3v) is 3.67. The summed E-state index contributed by atoms with van der Waals surface area (Å²) in [5.41, 5.74) is 2.50. The van der Waals surface area contributed by atoms with Gasteiger partial charge in [0.1, 0.15) is 5.75 Å². The van der Waals surface area contributed by atoms with Crippen LogP contribution in [-0.4, -0.2) is 26.1 Å². The van der Waals surface area contributed by atoms with Gasteiger partial charge < -0.3 is 15.4 Å². The third-order valence-electron chi connectivity index (χ3n) is 3.67. The van der Waals surface area contributed by atoms with E-state index in [-0.39, 0.29) is 12.5 Å². The molecule has 1 aromatic rings. The number of allylic oxidation sites excluding steroid dienone is 1. The molecule has 0 aromatic heterocycles. The third kappa shape index (κ3) is 5.50. The SMILES string of the molecule is CNc1ccc(OCC(=O)NCCC2=CCCCC2)cc1. The Kier molecular flexibility index (Phi) is 6.13. The molecule has 0 fully saturated rings. The second kappa shape index (κ2) is 8.35. The first-order valence-electron chi connectivity index (χ1n) is 7.63. The maximum atomic E-state index is 11.7. The molecule has 0 unspecified atom stereocenters. The van der Waals surface area contributed by atoms with Crippen LogP contribution in [0.3, 0.4) is 0 Å². The first-order valence-corrected chi connectivity index (χ1v) is 7.63. The number of carbonyl (C=O) groups excluding carboxylic acids is 1. The summed E-state index contributed by atoms with van der Waals surface area (Å²) < 4.78 is 5.46. The second-order valence-corrected chi connectivity index (χ2v) is 5.27. The summed E-state index contributed by atoms with van der Waals surface area (Å²) in [6, 6.07) is 7.55. The molecule has 1 amide bonds. The first-order chi connectivity index (χ1) is 10.3. The Labute approximate surface area is 126 Å². The minimum atomic E-state index is -0.0656. The highest BCUT2D eigenvalue weighted by atomic mass is 16.5. The van der Waals surface area contributed by atoms with Gasteiger partial charge >= 0.3 is 0 Å². The minimum Gasteiger partial charge on any atom is -0.484 e. The predicted molar refractivity (Wildman–Crippen MR) is 85.7 cm³/mol. The molecule has 0 radical (unpaired) electrons. The summed E-state index contributed by atoms with van der Waals surface area (Å²) >= 11 is 0. The fraction of sp³-hybridized carbons (Fsp3) is 0.471. The van der Waals surface area contributed by atoms with Gasteiger partial charge in [0.25, 0.3) is 5.91 Å². The Morgan fingerprint density at radius 2 is 2.05 bits per heavy atom. The Bertz CT molecular complexity index is 480. The van der Waals surface area contributed by atoms with Gasteiger partial charge in [0.15, 0.2) is 6.61 Å².